The van der Waals surface area contributed by atoms with Crippen LogP contribution < -0.4 is 0 Å². The summed E-state index contributed by atoms with van der Waals surface area (Å²) in [4.78, 5) is 12.6. The molecule has 1 saturated carbocycles. The van der Waals surface area contributed by atoms with E-state index in [1.807, 2.05) is 50.3 Å². The van der Waals surface area contributed by atoms with Crippen LogP contribution in [0, 0.1) is 22.7 Å². The van der Waals surface area contributed by atoms with Gasteiger partial charge in [0.2, 0.25) is 0 Å². The van der Waals surface area contributed by atoms with Crippen LogP contribution in [0.25, 0.3) is 0 Å². The van der Waals surface area contributed by atoms with Gasteiger partial charge in [-0.05, 0) is 88.8 Å². The molecule has 0 bridgehead atoms. The van der Waals surface area contributed by atoms with E-state index in [-0.39, 0.29) is 23.5 Å². The van der Waals surface area contributed by atoms with Crippen LogP contribution in [0.5, 0.6) is 0 Å². The van der Waals surface area contributed by atoms with Crippen LogP contribution in [-0.4, -0.2) is 51.3 Å². The quantitative estimate of drug-likeness (QED) is 0.0436. The van der Waals surface area contributed by atoms with E-state index in [0.717, 1.165) is 37.0 Å². The Morgan fingerprint density at radius 3 is 1.98 bits per heavy atom. The first-order valence-corrected chi connectivity index (χ1v) is 22.9. The van der Waals surface area contributed by atoms with Gasteiger partial charge < -0.3 is 24.8 Å². The maximum atomic E-state index is 12.6. The number of ether oxygens (including phenoxy) is 2. The number of rotatable bonds is 22. The van der Waals surface area contributed by atoms with Gasteiger partial charge in [-0.15, -0.1) is 0 Å². The number of esters is 1. The molecule has 2 aliphatic carbocycles. The summed E-state index contributed by atoms with van der Waals surface area (Å²) in [5.41, 5.74) is 0.712. The number of carbonyl (C=O) groups excluding carboxylic acids is 1. The zero-order valence-electron chi connectivity index (χ0n) is 38.4. The van der Waals surface area contributed by atoms with E-state index in [2.05, 4.69) is 39.5 Å². The molecule has 1 fully saturated rings. The van der Waals surface area contributed by atoms with E-state index < -0.39 is 28.7 Å². The Morgan fingerprint density at radius 1 is 0.831 bits per heavy atom. The van der Waals surface area contributed by atoms with Gasteiger partial charge in [-0.1, -0.05) is 172 Å². The van der Waals surface area contributed by atoms with Crippen molar-refractivity contribution in [3.8, 4) is 11.8 Å². The second kappa shape index (κ2) is 24.3. The van der Waals surface area contributed by atoms with Gasteiger partial charge in [0.25, 0.3) is 0 Å². The van der Waals surface area contributed by atoms with Crippen LogP contribution in [0.2, 0.25) is 0 Å². The van der Waals surface area contributed by atoms with Crippen molar-refractivity contribution < 1.29 is 29.6 Å². The fraction of sp³-hybridized carbons (Fsp3) is 0.642. The Bertz CT molecular complexity index is 1660. The summed E-state index contributed by atoms with van der Waals surface area (Å²) >= 11 is 0. The monoisotopic (exact) mass is 813 g/mol. The van der Waals surface area contributed by atoms with Crippen LogP contribution >= 0.6 is 0 Å². The smallest absolute Gasteiger partial charge is 0.343 e. The topological polar surface area (TPSA) is 96.2 Å². The van der Waals surface area contributed by atoms with Crippen molar-refractivity contribution >= 4 is 5.97 Å². The molecule has 1 aliphatic heterocycles. The minimum absolute atomic E-state index is 0.0134. The Balaban J connectivity index is 1.41. The molecule has 4 unspecified atom stereocenters. The largest absolute Gasteiger partial charge is 0.423 e. The highest BCUT2D eigenvalue weighted by molar-refractivity contribution is 5.95. The highest BCUT2D eigenvalue weighted by atomic mass is 16.5. The highest BCUT2D eigenvalue weighted by Crippen LogP contribution is 2.50. The molecule has 4 atom stereocenters. The number of hydrogen-bond acceptors (Lipinski definition) is 6. The number of aliphatic hydroxyl groups is 3. The molecule has 59 heavy (non-hydrogen) atoms. The van der Waals surface area contributed by atoms with Crippen molar-refractivity contribution in [2.24, 2.45) is 10.8 Å². The Morgan fingerprint density at radius 2 is 1.41 bits per heavy atom. The van der Waals surface area contributed by atoms with Gasteiger partial charge in [0.1, 0.15) is 11.4 Å². The molecule has 328 valence electrons. The van der Waals surface area contributed by atoms with Gasteiger partial charge in [-0.25, -0.2) is 4.79 Å². The average Bonchev–Trinajstić information content (AvgIpc) is 3.49. The third kappa shape index (κ3) is 16.3. The van der Waals surface area contributed by atoms with Crippen LogP contribution in [-0.2, 0) is 14.3 Å². The van der Waals surface area contributed by atoms with Crippen molar-refractivity contribution in [2.75, 3.05) is 6.61 Å². The molecule has 6 nitrogen and oxygen atoms in total. The first kappa shape index (κ1) is 50.1. The number of carbonyl (C=O) groups is 1. The van der Waals surface area contributed by atoms with Crippen LogP contribution in [0.15, 0.2) is 94.4 Å². The van der Waals surface area contributed by atoms with Crippen LogP contribution in [0.1, 0.15) is 178 Å². The van der Waals surface area contributed by atoms with Crippen LogP contribution in [0.3, 0.4) is 0 Å². The zero-order chi connectivity index (χ0) is 43.5. The van der Waals surface area contributed by atoms with Crippen molar-refractivity contribution in [2.45, 2.75) is 201 Å². The summed E-state index contributed by atoms with van der Waals surface area (Å²) < 4.78 is 11.8. The first-order chi connectivity index (χ1) is 27.9. The number of unbranched alkanes of at least 4 members (excludes halogenated alkanes) is 13. The lowest BCUT2D eigenvalue weighted by molar-refractivity contribution is -0.216. The molecule has 0 aromatic heterocycles. The van der Waals surface area contributed by atoms with Gasteiger partial charge in [-0.2, -0.15) is 0 Å². The molecule has 0 saturated heterocycles. The van der Waals surface area contributed by atoms with Crippen LogP contribution in [0.4, 0.5) is 0 Å². The number of allylic oxidation sites excluding steroid dienone is 11. The minimum atomic E-state index is -1.64. The molecular weight excluding hydrogens is 733 g/mol. The Kier molecular flexibility index (Phi) is 20.6. The lowest BCUT2D eigenvalue weighted by atomic mass is 9.57. The second-order valence-electron chi connectivity index (χ2n) is 19.2. The van der Waals surface area contributed by atoms with Crippen molar-refractivity contribution in [3.05, 3.63) is 94.4 Å². The fourth-order valence-electron chi connectivity index (χ4n) is 9.09. The van der Waals surface area contributed by atoms with Gasteiger partial charge >= 0.3 is 5.97 Å². The van der Waals surface area contributed by atoms with E-state index in [4.69, 9.17) is 9.47 Å². The van der Waals surface area contributed by atoms with E-state index in [9.17, 15) is 20.1 Å². The predicted octanol–water partition coefficient (Wildman–Crippen LogP) is 12.6. The number of aliphatic hydroxyl groups excluding tert-OH is 1. The average molecular weight is 813 g/mol. The van der Waals surface area contributed by atoms with E-state index >= 15 is 0 Å². The summed E-state index contributed by atoms with van der Waals surface area (Å²) in [6, 6.07) is 0. The van der Waals surface area contributed by atoms with E-state index in [1.54, 1.807) is 26.0 Å². The van der Waals surface area contributed by atoms with Crippen molar-refractivity contribution in [1.29, 1.82) is 0 Å². The fourth-order valence-corrected chi connectivity index (χ4v) is 9.09. The lowest BCUT2D eigenvalue weighted by Crippen LogP contribution is -2.65. The SMILES string of the molecule is CCCCCCCCCCCCCCCCOC1CC(C)=C(C#CC(C)=CC=CC=CC=C(C)C=C2C=C(C=CC3(O)C(C)(C)CC(O)CC3(C)O)C(=O)O2)C(C)(C)C1. The summed E-state index contributed by atoms with van der Waals surface area (Å²) in [7, 11) is 0. The number of cyclic esters (lactones) is 1. The molecule has 0 radical (unpaired) electrons. The standard InChI is InChI=1S/C53H80O6/c1-10-11-12-13-14-15-16-17-18-19-20-21-24-27-34-58-47-36-43(4)48(50(5,6)40-47)31-30-41(2)28-25-22-23-26-29-42(3)35-46-37-44(49(55)59-46)32-33-53(57)51(7,8)38-45(54)39-52(53,9)56/h22-23,25-26,28-29,32-33,35,37,45,47,54,56-57H,10-21,24,27,34,36,38-40H2,1-9H3. The molecule has 6 heteroatoms. The van der Waals surface area contributed by atoms with Crippen molar-refractivity contribution in [3.63, 3.8) is 0 Å². The zero-order valence-corrected chi connectivity index (χ0v) is 38.4. The maximum absolute atomic E-state index is 12.6. The Hall–Kier alpha value is -3.21. The van der Waals surface area contributed by atoms with Crippen molar-refractivity contribution in [1.82, 2.24) is 0 Å². The van der Waals surface area contributed by atoms with E-state index in [1.165, 1.54) is 114 Å². The Labute approximate surface area is 359 Å². The molecule has 1 heterocycles. The minimum Gasteiger partial charge on any atom is -0.423 e. The number of hydrogen-bond donors (Lipinski definition) is 3. The van der Waals surface area contributed by atoms with E-state index in [0.29, 0.717) is 12.2 Å². The molecule has 3 aliphatic rings. The molecule has 0 amide bonds. The third-order valence-corrected chi connectivity index (χ3v) is 12.5. The highest BCUT2D eigenvalue weighted by Gasteiger charge is 2.58. The molecular formula is C53H80O6. The maximum Gasteiger partial charge on any atom is 0.343 e. The van der Waals surface area contributed by atoms with Gasteiger partial charge in [0, 0.05) is 29.4 Å². The molecule has 0 spiro atoms. The lowest BCUT2D eigenvalue weighted by Gasteiger charge is -2.54. The summed E-state index contributed by atoms with van der Waals surface area (Å²) in [6.45, 7) is 19.0. The van der Waals surface area contributed by atoms with Gasteiger partial charge in [0.05, 0.1) is 23.4 Å². The van der Waals surface area contributed by atoms with Gasteiger partial charge in [0.15, 0.2) is 0 Å². The second-order valence-corrected chi connectivity index (χ2v) is 19.2. The molecule has 0 aromatic rings. The summed E-state index contributed by atoms with van der Waals surface area (Å²) in [5, 5.41) is 32.7. The molecule has 3 rings (SSSR count). The predicted molar refractivity (Wildman–Crippen MR) is 245 cm³/mol. The third-order valence-electron chi connectivity index (χ3n) is 12.5. The molecule has 0 aromatic carbocycles. The van der Waals surface area contributed by atoms with Gasteiger partial charge in [-0.3, -0.25) is 0 Å². The first-order valence-electron chi connectivity index (χ1n) is 22.9. The molecule has 3 N–H and O–H groups in total. The normalized spacial score (nSPS) is 26.9. The summed E-state index contributed by atoms with van der Waals surface area (Å²) in [6.07, 6.45) is 39.2. The summed E-state index contributed by atoms with van der Waals surface area (Å²) in [5.74, 6) is 6.76.